The van der Waals surface area contributed by atoms with E-state index < -0.39 is 6.36 Å². The number of nitrogens with zero attached hydrogens (tertiary/aromatic N) is 3. The second-order valence-corrected chi connectivity index (χ2v) is 9.91. The lowest BCUT2D eigenvalue weighted by molar-refractivity contribution is -0.274. The predicted octanol–water partition coefficient (Wildman–Crippen LogP) is 8.42. The monoisotopic (exact) mass is 571 g/mol. The summed E-state index contributed by atoms with van der Waals surface area (Å²) in [6.07, 6.45) is -0.766. The van der Waals surface area contributed by atoms with Crippen molar-refractivity contribution in [3.8, 4) is 11.4 Å². The van der Waals surface area contributed by atoms with Crippen LogP contribution in [0.1, 0.15) is 11.1 Å². The maximum absolute atomic E-state index is 12.4. The molecule has 38 heavy (non-hydrogen) atoms. The van der Waals surface area contributed by atoms with Crippen LogP contribution in [0.3, 0.4) is 0 Å². The lowest BCUT2D eigenvalue weighted by atomic mass is 10.1. The Kier molecular flexibility index (Phi) is 7.38. The molecule has 4 nitrogen and oxygen atoms in total. The van der Waals surface area contributed by atoms with Gasteiger partial charge in [0, 0.05) is 38.6 Å². The van der Waals surface area contributed by atoms with Crippen LogP contribution < -0.4 is 4.74 Å². The highest BCUT2D eigenvalue weighted by Gasteiger charge is 2.31. The van der Waals surface area contributed by atoms with Crippen molar-refractivity contribution in [2.75, 3.05) is 6.54 Å². The number of aliphatic imine (C=N–C) groups is 1. The van der Waals surface area contributed by atoms with Crippen molar-refractivity contribution in [2.45, 2.75) is 12.8 Å². The average Bonchev–Trinajstić information content (AvgIpc) is 3.30. The molecule has 1 aromatic heterocycles. The molecule has 0 saturated carbocycles. The third-order valence-electron chi connectivity index (χ3n) is 5.82. The molecule has 5 rings (SSSR count). The summed E-state index contributed by atoms with van der Waals surface area (Å²) in [6.45, 7) is 0.391. The van der Waals surface area contributed by atoms with Crippen LogP contribution in [0.25, 0.3) is 27.5 Å². The first-order valence-corrected chi connectivity index (χ1v) is 12.5. The highest BCUT2D eigenvalue weighted by atomic mass is 35.5. The van der Waals surface area contributed by atoms with Crippen LogP contribution in [0.5, 0.6) is 5.75 Å². The summed E-state index contributed by atoms with van der Waals surface area (Å²) in [6, 6.07) is 20.8. The van der Waals surface area contributed by atoms with Gasteiger partial charge in [0.2, 0.25) is 0 Å². The Hall–Kier alpha value is -3.46. The summed E-state index contributed by atoms with van der Waals surface area (Å²) >= 11 is 17.7. The smallest absolute Gasteiger partial charge is 0.406 e. The van der Waals surface area contributed by atoms with Gasteiger partial charge >= 0.3 is 6.36 Å². The molecule has 4 aromatic carbocycles. The number of aromatic nitrogens is 2. The van der Waals surface area contributed by atoms with Crippen LogP contribution in [-0.2, 0) is 6.42 Å². The topological polar surface area (TPSA) is 39.4 Å². The van der Waals surface area contributed by atoms with E-state index >= 15 is 0 Å². The highest BCUT2D eigenvalue weighted by molar-refractivity contribution is 7.80. The van der Waals surface area contributed by atoms with Gasteiger partial charge in [0.15, 0.2) is 0 Å². The Bertz CT molecular complexity index is 1680. The van der Waals surface area contributed by atoms with Crippen LogP contribution >= 0.6 is 35.4 Å². The van der Waals surface area contributed by atoms with E-state index in [1.807, 2.05) is 41.0 Å². The van der Waals surface area contributed by atoms with E-state index in [4.69, 9.17) is 35.4 Å². The minimum atomic E-state index is -4.73. The number of benzene rings is 4. The lowest BCUT2D eigenvalue weighted by Crippen LogP contribution is -2.17. The molecule has 5 aromatic rings. The molecule has 192 valence electrons. The summed E-state index contributed by atoms with van der Waals surface area (Å²) in [4.78, 5) is 9.81. The zero-order valence-electron chi connectivity index (χ0n) is 19.5. The van der Waals surface area contributed by atoms with Crippen LogP contribution in [0.15, 0.2) is 84.1 Å². The molecule has 0 aliphatic heterocycles. The Morgan fingerprint density at radius 1 is 1.00 bits per heavy atom. The summed E-state index contributed by atoms with van der Waals surface area (Å²) in [5.41, 5.74) is 4.11. The van der Waals surface area contributed by atoms with E-state index in [1.54, 1.807) is 36.8 Å². The van der Waals surface area contributed by atoms with Crippen molar-refractivity contribution in [1.82, 2.24) is 9.55 Å². The number of hydrogen-bond donors (Lipinski definition) is 0. The van der Waals surface area contributed by atoms with Gasteiger partial charge in [0.05, 0.1) is 17.6 Å². The molecule has 0 saturated heterocycles. The molecule has 0 fully saturated rings. The van der Waals surface area contributed by atoms with E-state index in [1.165, 1.54) is 12.1 Å². The van der Waals surface area contributed by atoms with Crippen LogP contribution in [0, 0.1) is 0 Å². The summed E-state index contributed by atoms with van der Waals surface area (Å²) < 4.78 is 43.1. The van der Waals surface area contributed by atoms with Gasteiger partial charge in [-0.05, 0) is 65.0 Å². The lowest BCUT2D eigenvalue weighted by Gasteiger charge is -2.10. The second kappa shape index (κ2) is 10.7. The van der Waals surface area contributed by atoms with Gasteiger partial charge in [-0.1, -0.05) is 59.7 Å². The molecule has 0 amide bonds. The molecule has 0 unspecified atom stereocenters. The average molecular weight is 572 g/mol. The summed E-state index contributed by atoms with van der Waals surface area (Å²) in [5.74, 6) is -0.278. The number of thiocarbonyl (C=S) groups is 1. The fourth-order valence-electron chi connectivity index (χ4n) is 4.11. The van der Waals surface area contributed by atoms with Gasteiger partial charge in [0.25, 0.3) is 0 Å². The van der Waals surface area contributed by atoms with Gasteiger partial charge in [-0.25, -0.2) is 4.98 Å². The fraction of sp³-hybridized carbons (Fsp3) is 0.107. The molecule has 0 bridgehead atoms. The van der Waals surface area contributed by atoms with E-state index in [0.29, 0.717) is 28.7 Å². The van der Waals surface area contributed by atoms with Crippen molar-refractivity contribution in [3.05, 3.63) is 100 Å². The van der Waals surface area contributed by atoms with Gasteiger partial charge in [-0.2, -0.15) is 0 Å². The Labute approximate surface area is 231 Å². The second-order valence-electron chi connectivity index (χ2n) is 8.49. The third-order valence-corrected chi connectivity index (χ3v) is 6.68. The quantitative estimate of drug-likeness (QED) is 0.145. The number of alkyl halides is 3. The molecule has 0 spiro atoms. The molecule has 0 atom stereocenters. The first kappa shape index (κ1) is 26.2. The number of imidazole rings is 1. The molecule has 1 heterocycles. The van der Waals surface area contributed by atoms with Crippen LogP contribution in [0.2, 0.25) is 10.0 Å². The fourth-order valence-corrected chi connectivity index (χ4v) is 4.81. The SMILES string of the molecule is FC(F)(F)Oc1ccc(-n2cnc3c4ccc(C=NCC(=S)Cc5ccc(Cl)cc5Cl)cc4ccc32)cc1. The zero-order chi connectivity index (χ0) is 26.9. The molecular formula is C28H18Cl2F3N3OS. The number of ether oxygens (including phenoxy) is 1. The van der Waals surface area contributed by atoms with E-state index in [-0.39, 0.29) is 5.75 Å². The van der Waals surface area contributed by atoms with Gasteiger partial charge in [-0.3, -0.25) is 9.56 Å². The van der Waals surface area contributed by atoms with Gasteiger partial charge in [-0.15, -0.1) is 13.2 Å². The Morgan fingerprint density at radius 2 is 1.79 bits per heavy atom. The van der Waals surface area contributed by atoms with Gasteiger partial charge in [0.1, 0.15) is 12.1 Å². The minimum absolute atomic E-state index is 0.278. The van der Waals surface area contributed by atoms with Crippen molar-refractivity contribution in [1.29, 1.82) is 0 Å². The normalized spacial score (nSPS) is 12.0. The van der Waals surface area contributed by atoms with Crippen molar-refractivity contribution < 1.29 is 17.9 Å². The van der Waals surface area contributed by atoms with Crippen LogP contribution in [-0.4, -0.2) is 33.5 Å². The molecule has 0 aliphatic rings. The third kappa shape index (κ3) is 5.99. The van der Waals surface area contributed by atoms with Crippen molar-refractivity contribution >= 4 is 68.3 Å². The van der Waals surface area contributed by atoms with Crippen molar-refractivity contribution in [3.63, 3.8) is 0 Å². The van der Waals surface area contributed by atoms with Crippen molar-refractivity contribution in [2.24, 2.45) is 4.99 Å². The molecule has 10 heteroatoms. The zero-order valence-corrected chi connectivity index (χ0v) is 21.9. The Balaban J connectivity index is 1.31. The molecule has 0 N–H and O–H groups in total. The minimum Gasteiger partial charge on any atom is -0.406 e. The van der Waals surface area contributed by atoms with E-state index in [0.717, 1.165) is 37.8 Å². The highest BCUT2D eigenvalue weighted by Crippen LogP contribution is 2.29. The summed E-state index contributed by atoms with van der Waals surface area (Å²) in [5, 5.41) is 3.09. The summed E-state index contributed by atoms with van der Waals surface area (Å²) in [7, 11) is 0. The molecule has 0 radical (unpaired) electrons. The van der Waals surface area contributed by atoms with E-state index in [9.17, 15) is 13.2 Å². The number of rotatable bonds is 7. The molecule has 0 aliphatic carbocycles. The number of hydrogen-bond acceptors (Lipinski definition) is 4. The van der Waals surface area contributed by atoms with Gasteiger partial charge < -0.3 is 4.74 Å². The van der Waals surface area contributed by atoms with E-state index in [2.05, 4.69) is 14.7 Å². The standard InChI is InChI=1S/C28H18Cl2F3N3OS/c29-20-4-2-19(25(30)13-20)12-23(38)15-34-14-17-1-9-24-18(11-17)3-10-26-27(24)35-16-36(26)21-5-7-22(8-6-21)37-28(31,32)33/h1-11,13-14,16H,12,15H2. The molecular weight excluding hydrogens is 554 g/mol. The number of halogens is 5. The predicted molar refractivity (Wildman–Crippen MR) is 150 cm³/mol. The Morgan fingerprint density at radius 3 is 2.53 bits per heavy atom. The largest absolute Gasteiger partial charge is 0.573 e. The number of fused-ring (bicyclic) bond motifs is 3. The first-order valence-electron chi connectivity index (χ1n) is 11.4. The first-order chi connectivity index (χ1) is 18.2. The van der Waals surface area contributed by atoms with Crippen LogP contribution in [0.4, 0.5) is 13.2 Å². The maximum Gasteiger partial charge on any atom is 0.573 e. The maximum atomic E-state index is 12.4.